The number of aldehydes is 1. The fourth-order valence-corrected chi connectivity index (χ4v) is 0.876. The van der Waals surface area contributed by atoms with Crippen LogP contribution in [0, 0.1) is 0 Å². The van der Waals surface area contributed by atoms with Gasteiger partial charge in [0.05, 0.1) is 6.61 Å². The summed E-state index contributed by atoms with van der Waals surface area (Å²) in [7, 11) is 0. The van der Waals surface area contributed by atoms with Gasteiger partial charge in [-0.1, -0.05) is 13.3 Å². The molecule has 0 aliphatic carbocycles. The summed E-state index contributed by atoms with van der Waals surface area (Å²) < 4.78 is 0. The highest BCUT2D eigenvalue weighted by atomic mass is 16.5. The Morgan fingerprint density at radius 2 is 1.50 bits per heavy atom. The van der Waals surface area contributed by atoms with Crippen LogP contribution in [0.15, 0.2) is 0 Å². The molecule has 18 heavy (non-hydrogen) atoms. The van der Waals surface area contributed by atoms with E-state index in [4.69, 9.17) is 35.7 Å². The third kappa shape index (κ3) is 9.42. The summed E-state index contributed by atoms with van der Waals surface area (Å²) in [5, 5.41) is 59.8. The van der Waals surface area contributed by atoms with Gasteiger partial charge in [-0.05, 0) is 6.42 Å². The summed E-state index contributed by atoms with van der Waals surface area (Å²) in [6.45, 7) is 1.14. The van der Waals surface area contributed by atoms with Gasteiger partial charge in [0.15, 0.2) is 12.6 Å². The Balaban J connectivity index is 0. The monoisotopic (exact) mass is 270 g/mol. The molecule has 0 bridgehead atoms. The largest absolute Gasteiger partial charge is 0.394 e. The van der Waals surface area contributed by atoms with Crippen LogP contribution >= 0.6 is 0 Å². The third-order valence-corrected chi connectivity index (χ3v) is 1.97. The molecule has 7 N–H and O–H groups in total. The van der Waals surface area contributed by atoms with Crippen molar-refractivity contribution >= 4 is 6.29 Å². The molecule has 4 atom stereocenters. The highest BCUT2D eigenvalue weighted by Crippen LogP contribution is 2.02. The van der Waals surface area contributed by atoms with Gasteiger partial charge in [-0.15, -0.1) is 0 Å². The lowest BCUT2D eigenvalue weighted by atomic mass is 10.0. The molecule has 0 spiro atoms. The molecule has 0 aliphatic heterocycles. The molecule has 0 rings (SSSR count). The van der Waals surface area contributed by atoms with Gasteiger partial charge in [-0.2, -0.15) is 0 Å². The van der Waals surface area contributed by atoms with Crippen LogP contribution in [-0.2, 0) is 4.79 Å². The first-order valence-electron chi connectivity index (χ1n) is 5.46. The Hall–Kier alpha value is -0.610. The van der Waals surface area contributed by atoms with E-state index in [2.05, 4.69) is 0 Å². The maximum atomic E-state index is 9.90. The summed E-state index contributed by atoms with van der Waals surface area (Å²) in [6.07, 6.45) is -6.62. The van der Waals surface area contributed by atoms with Crippen LogP contribution in [0.2, 0.25) is 0 Å². The average Bonchev–Trinajstić information content (AvgIpc) is 2.35. The fourth-order valence-electron chi connectivity index (χ4n) is 0.876. The SMILES string of the molecule is CCCC(O)O.O=C[C@H](O)[C@@H](O)[C@H](O)[C@H](O)CO. The van der Waals surface area contributed by atoms with Crippen LogP contribution in [0.3, 0.4) is 0 Å². The number of carbonyl (C=O) groups excluding carboxylic acids is 1. The second kappa shape index (κ2) is 11.5. The molecule has 0 fully saturated rings. The fraction of sp³-hybridized carbons (Fsp3) is 0.900. The zero-order valence-corrected chi connectivity index (χ0v) is 10.1. The highest BCUT2D eigenvalue weighted by molar-refractivity contribution is 5.56. The van der Waals surface area contributed by atoms with Crippen molar-refractivity contribution in [1.29, 1.82) is 0 Å². The average molecular weight is 270 g/mol. The predicted octanol–water partition coefficient (Wildman–Crippen LogP) is -3.28. The maximum Gasteiger partial charge on any atom is 0.151 e. The van der Waals surface area contributed by atoms with E-state index < -0.39 is 37.3 Å². The molecule has 0 aromatic heterocycles. The molecular formula is C10H22O8. The molecule has 8 nitrogen and oxygen atoms in total. The number of aliphatic hydroxyl groups is 7. The van der Waals surface area contributed by atoms with E-state index in [1.165, 1.54) is 0 Å². The number of aliphatic hydroxyl groups excluding tert-OH is 6. The van der Waals surface area contributed by atoms with Gasteiger partial charge in [-0.25, -0.2) is 0 Å². The molecule has 0 aromatic rings. The minimum Gasteiger partial charge on any atom is -0.394 e. The van der Waals surface area contributed by atoms with E-state index in [-0.39, 0.29) is 6.29 Å². The second-order valence-corrected chi connectivity index (χ2v) is 3.63. The van der Waals surface area contributed by atoms with Crippen molar-refractivity contribution < 1.29 is 40.5 Å². The number of carbonyl (C=O) groups is 1. The quantitative estimate of drug-likeness (QED) is 0.187. The Morgan fingerprint density at radius 3 is 1.72 bits per heavy atom. The molecule has 0 heterocycles. The van der Waals surface area contributed by atoms with Gasteiger partial charge in [0, 0.05) is 0 Å². The van der Waals surface area contributed by atoms with Crippen molar-refractivity contribution in [2.75, 3.05) is 6.61 Å². The van der Waals surface area contributed by atoms with Gasteiger partial charge in [0.2, 0.25) is 0 Å². The zero-order chi connectivity index (χ0) is 14.7. The zero-order valence-electron chi connectivity index (χ0n) is 10.1. The number of hydrogen-bond donors (Lipinski definition) is 7. The van der Waals surface area contributed by atoms with E-state index in [1.54, 1.807) is 0 Å². The second-order valence-electron chi connectivity index (χ2n) is 3.63. The van der Waals surface area contributed by atoms with E-state index in [0.717, 1.165) is 6.42 Å². The van der Waals surface area contributed by atoms with Crippen molar-refractivity contribution in [2.24, 2.45) is 0 Å². The Bertz CT molecular complexity index is 198. The van der Waals surface area contributed by atoms with Crippen molar-refractivity contribution in [2.45, 2.75) is 50.5 Å². The first-order chi connectivity index (χ1) is 8.31. The Labute approximate surface area is 105 Å². The number of hydrogen-bond acceptors (Lipinski definition) is 8. The molecule has 0 saturated heterocycles. The molecule has 0 aliphatic rings. The Kier molecular flexibility index (Phi) is 12.6. The van der Waals surface area contributed by atoms with Gasteiger partial charge < -0.3 is 40.5 Å². The van der Waals surface area contributed by atoms with E-state index >= 15 is 0 Å². The highest BCUT2D eigenvalue weighted by Gasteiger charge is 2.29. The van der Waals surface area contributed by atoms with Crippen molar-refractivity contribution in [3.05, 3.63) is 0 Å². The minimum absolute atomic E-state index is 0.0258. The molecule has 0 radical (unpaired) electrons. The summed E-state index contributed by atoms with van der Waals surface area (Å²) in [4.78, 5) is 9.90. The predicted molar refractivity (Wildman–Crippen MR) is 60.3 cm³/mol. The van der Waals surface area contributed by atoms with Crippen molar-refractivity contribution in [3.63, 3.8) is 0 Å². The number of rotatable bonds is 7. The van der Waals surface area contributed by atoms with Crippen LogP contribution in [0.25, 0.3) is 0 Å². The van der Waals surface area contributed by atoms with Crippen molar-refractivity contribution in [1.82, 2.24) is 0 Å². The van der Waals surface area contributed by atoms with E-state index in [9.17, 15) is 4.79 Å². The van der Waals surface area contributed by atoms with Crippen LogP contribution in [-0.4, -0.2) is 79.3 Å². The first-order valence-corrected chi connectivity index (χ1v) is 5.46. The molecule has 0 amide bonds. The third-order valence-electron chi connectivity index (χ3n) is 1.97. The summed E-state index contributed by atoms with van der Waals surface area (Å²) in [5.41, 5.74) is 0. The molecule has 0 aromatic carbocycles. The summed E-state index contributed by atoms with van der Waals surface area (Å²) in [6, 6.07) is 0. The lowest BCUT2D eigenvalue weighted by Crippen LogP contribution is -2.46. The lowest BCUT2D eigenvalue weighted by Gasteiger charge is -2.22. The van der Waals surface area contributed by atoms with Gasteiger partial charge in [0.25, 0.3) is 0 Å². The molecule has 0 saturated carbocycles. The van der Waals surface area contributed by atoms with Crippen LogP contribution < -0.4 is 0 Å². The van der Waals surface area contributed by atoms with Crippen molar-refractivity contribution in [3.8, 4) is 0 Å². The summed E-state index contributed by atoms with van der Waals surface area (Å²) in [5.74, 6) is 0. The molecule has 0 unspecified atom stereocenters. The Morgan fingerprint density at radius 1 is 1.00 bits per heavy atom. The van der Waals surface area contributed by atoms with Crippen LogP contribution in [0.4, 0.5) is 0 Å². The smallest absolute Gasteiger partial charge is 0.151 e. The maximum absolute atomic E-state index is 9.90. The van der Waals surface area contributed by atoms with Gasteiger partial charge >= 0.3 is 0 Å². The van der Waals surface area contributed by atoms with E-state index in [0.29, 0.717) is 6.42 Å². The molecule has 110 valence electrons. The standard InChI is InChI=1S/C6H12O6.C4H10O2/c7-1-3(9)5(11)6(12)4(10)2-8;1-2-3-4(5)6/h1,3-6,8-12H,2H2;4-6H,2-3H2,1H3/t3-,4+,5+,6+;/m0./s1. The first kappa shape index (κ1) is 19.7. The van der Waals surface area contributed by atoms with Gasteiger partial charge in [0.1, 0.15) is 24.4 Å². The topological polar surface area (TPSA) is 159 Å². The molecule has 8 heteroatoms. The van der Waals surface area contributed by atoms with Crippen LogP contribution in [0.5, 0.6) is 0 Å². The van der Waals surface area contributed by atoms with E-state index in [1.807, 2.05) is 6.92 Å². The molecular weight excluding hydrogens is 248 g/mol. The lowest BCUT2D eigenvalue weighted by molar-refractivity contribution is -0.136. The summed E-state index contributed by atoms with van der Waals surface area (Å²) >= 11 is 0. The van der Waals surface area contributed by atoms with Gasteiger partial charge in [-0.3, -0.25) is 0 Å². The minimum atomic E-state index is -1.79. The normalized spacial score (nSPS) is 17.4. The van der Waals surface area contributed by atoms with Crippen LogP contribution in [0.1, 0.15) is 19.8 Å².